The van der Waals surface area contributed by atoms with E-state index in [2.05, 4.69) is 0 Å². The topological polar surface area (TPSA) is 37.4 Å². The van der Waals surface area contributed by atoms with Gasteiger partial charge in [0.25, 0.3) is 5.91 Å². The summed E-state index contributed by atoms with van der Waals surface area (Å²) in [5.41, 5.74) is 2.24. The van der Waals surface area contributed by atoms with Crippen molar-refractivity contribution in [3.05, 3.63) is 76.5 Å². The van der Waals surface area contributed by atoms with Crippen molar-refractivity contribution in [1.82, 2.24) is 0 Å². The Kier molecular flexibility index (Phi) is 5.40. The molecular formula is C22H20F3NO2. The van der Waals surface area contributed by atoms with Gasteiger partial charge in [-0.2, -0.15) is 13.2 Å². The number of ketones is 1. The molecule has 0 unspecified atom stereocenters. The Labute approximate surface area is 161 Å². The SMILES string of the molecule is Cc1cccc(C)c1N(C(=O)c1ccc(C(F)(F)F)cc1)C1=CC(=O)CCC1. The summed E-state index contributed by atoms with van der Waals surface area (Å²) < 4.78 is 38.5. The number of halogens is 3. The first-order valence-corrected chi connectivity index (χ1v) is 9.00. The molecule has 6 heteroatoms. The van der Waals surface area contributed by atoms with Crippen LogP contribution in [0.1, 0.15) is 46.3 Å². The summed E-state index contributed by atoms with van der Waals surface area (Å²) in [7, 11) is 0. The van der Waals surface area contributed by atoms with Crippen molar-refractivity contribution < 1.29 is 22.8 Å². The molecule has 0 fully saturated rings. The van der Waals surface area contributed by atoms with E-state index in [4.69, 9.17) is 0 Å². The van der Waals surface area contributed by atoms with Gasteiger partial charge in [-0.3, -0.25) is 14.5 Å². The summed E-state index contributed by atoms with van der Waals surface area (Å²) in [5.74, 6) is -0.509. The molecular weight excluding hydrogens is 367 g/mol. The zero-order valence-corrected chi connectivity index (χ0v) is 15.6. The number of para-hydroxylation sites is 1. The minimum atomic E-state index is -4.47. The molecule has 0 bridgehead atoms. The van der Waals surface area contributed by atoms with E-state index >= 15 is 0 Å². The van der Waals surface area contributed by atoms with Crippen molar-refractivity contribution in [1.29, 1.82) is 0 Å². The van der Waals surface area contributed by atoms with Gasteiger partial charge in [-0.1, -0.05) is 18.2 Å². The van der Waals surface area contributed by atoms with Crippen molar-refractivity contribution in [2.45, 2.75) is 39.3 Å². The molecule has 1 aliphatic rings. The first kappa shape index (κ1) is 19.9. The number of allylic oxidation sites excluding steroid dienone is 2. The van der Waals surface area contributed by atoms with E-state index in [-0.39, 0.29) is 11.3 Å². The molecule has 1 amide bonds. The number of carbonyl (C=O) groups excluding carboxylic acids is 2. The number of benzene rings is 2. The predicted molar refractivity (Wildman–Crippen MR) is 101 cm³/mol. The lowest BCUT2D eigenvalue weighted by molar-refractivity contribution is -0.137. The van der Waals surface area contributed by atoms with Crippen LogP contribution in [-0.4, -0.2) is 11.7 Å². The molecule has 3 rings (SSSR count). The standard InChI is InChI=1S/C22H20F3NO2/c1-14-5-3-6-15(2)20(14)26(18-7-4-8-19(27)13-18)21(28)16-9-11-17(12-10-16)22(23,24)25/h3,5-6,9-13H,4,7-8H2,1-2H3. The van der Waals surface area contributed by atoms with E-state index < -0.39 is 17.6 Å². The maximum Gasteiger partial charge on any atom is 0.416 e. The summed E-state index contributed by atoms with van der Waals surface area (Å²) in [5, 5.41) is 0. The molecule has 0 radical (unpaired) electrons. The molecule has 28 heavy (non-hydrogen) atoms. The van der Waals surface area contributed by atoms with Gasteiger partial charge in [0.2, 0.25) is 0 Å². The van der Waals surface area contributed by atoms with Crippen LogP contribution in [0.25, 0.3) is 0 Å². The average molecular weight is 387 g/mol. The number of anilines is 1. The average Bonchev–Trinajstić information content (AvgIpc) is 2.64. The van der Waals surface area contributed by atoms with Gasteiger partial charge in [0.05, 0.1) is 11.3 Å². The third-order valence-electron chi connectivity index (χ3n) is 4.80. The van der Waals surface area contributed by atoms with E-state index in [9.17, 15) is 22.8 Å². The third-order valence-corrected chi connectivity index (χ3v) is 4.80. The molecule has 0 heterocycles. The van der Waals surface area contributed by atoms with Crippen LogP contribution in [0.4, 0.5) is 18.9 Å². The van der Waals surface area contributed by atoms with Gasteiger partial charge < -0.3 is 0 Å². The highest BCUT2D eigenvalue weighted by Gasteiger charge is 2.31. The lowest BCUT2D eigenvalue weighted by Gasteiger charge is -2.30. The minimum Gasteiger partial charge on any atom is -0.295 e. The largest absolute Gasteiger partial charge is 0.416 e. The van der Waals surface area contributed by atoms with Crippen molar-refractivity contribution >= 4 is 17.4 Å². The minimum absolute atomic E-state index is 0.0577. The summed E-state index contributed by atoms with van der Waals surface area (Å²) in [6.07, 6.45) is -1.39. The van der Waals surface area contributed by atoms with Gasteiger partial charge in [-0.05, 0) is 62.1 Å². The van der Waals surface area contributed by atoms with Crippen LogP contribution >= 0.6 is 0 Å². The Hall–Kier alpha value is -2.89. The summed E-state index contributed by atoms with van der Waals surface area (Å²) in [6.45, 7) is 3.72. The van der Waals surface area contributed by atoms with Gasteiger partial charge in [-0.25, -0.2) is 0 Å². The highest BCUT2D eigenvalue weighted by atomic mass is 19.4. The van der Waals surface area contributed by atoms with E-state index in [0.717, 1.165) is 23.3 Å². The summed E-state index contributed by atoms with van der Waals surface area (Å²) >= 11 is 0. The molecule has 0 saturated carbocycles. The lowest BCUT2D eigenvalue weighted by atomic mass is 9.99. The smallest absolute Gasteiger partial charge is 0.295 e. The number of carbonyl (C=O) groups is 2. The van der Waals surface area contributed by atoms with E-state index in [1.807, 2.05) is 32.0 Å². The number of rotatable bonds is 3. The maximum absolute atomic E-state index is 13.3. The van der Waals surface area contributed by atoms with Crippen LogP contribution in [-0.2, 0) is 11.0 Å². The molecule has 0 aromatic heterocycles. The van der Waals surface area contributed by atoms with Gasteiger partial charge in [0.1, 0.15) is 0 Å². The van der Waals surface area contributed by atoms with Crippen LogP contribution in [0, 0.1) is 13.8 Å². The van der Waals surface area contributed by atoms with Gasteiger partial charge in [-0.15, -0.1) is 0 Å². The number of hydrogen-bond donors (Lipinski definition) is 0. The molecule has 0 aliphatic heterocycles. The molecule has 2 aromatic rings. The highest BCUT2D eigenvalue weighted by molar-refractivity contribution is 6.10. The fraction of sp³-hybridized carbons (Fsp3) is 0.273. The van der Waals surface area contributed by atoms with Crippen molar-refractivity contribution in [2.24, 2.45) is 0 Å². The van der Waals surface area contributed by atoms with Crippen molar-refractivity contribution in [3.63, 3.8) is 0 Å². The fourth-order valence-corrected chi connectivity index (χ4v) is 3.42. The van der Waals surface area contributed by atoms with E-state index in [1.165, 1.54) is 23.1 Å². The van der Waals surface area contributed by atoms with Crippen molar-refractivity contribution in [3.8, 4) is 0 Å². The van der Waals surface area contributed by atoms with Crippen LogP contribution in [0.3, 0.4) is 0 Å². The first-order chi connectivity index (χ1) is 13.2. The van der Waals surface area contributed by atoms with Gasteiger partial charge >= 0.3 is 6.18 Å². The highest BCUT2D eigenvalue weighted by Crippen LogP contribution is 2.34. The Bertz CT molecular complexity index is 923. The second-order valence-electron chi connectivity index (χ2n) is 6.91. The molecule has 0 atom stereocenters. The normalized spacial score (nSPS) is 14.6. The summed E-state index contributed by atoms with van der Waals surface area (Å²) in [4.78, 5) is 26.7. The number of amides is 1. The van der Waals surface area contributed by atoms with E-state index in [0.29, 0.717) is 30.6 Å². The summed E-state index contributed by atoms with van der Waals surface area (Å²) in [6, 6.07) is 9.75. The number of hydrogen-bond acceptors (Lipinski definition) is 2. The Morgan fingerprint density at radius 1 is 0.964 bits per heavy atom. The van der Waals surface area contributed by atoms with Crippen LogP contribution in [0.15, 0.2) is 54.2 Å². The molecule has 1 aliphatic carbocycles. The zero-order chi connectivity index (χ0) is 20.5. The van der Waals surface area contributed by atoms with Gasteiger partial charge in [0.15, 0.2) is 5.78 Å². The quantitative estimate of drug-likeness (QED) is 0.687. The van der Waals surface area contributed by atoms with Gasteiger partial charge in [0, 0.05) is 23.8 Å². The fourth-order valence-electron chi connectivity index (χ4n) is 3.42. The number of alkyl halides is 3. The van der Waals surface area contributed by atoms with Crippen LogP contribution in [0.2, 0.25) is 0 Å². The Morgan fingerprint density at radius 3 is 2.11 bits per heavy atom. The maximum atomic E-state index is 13.3. The Morgan fingerprint density at radius 2 is 1.57 bits per heavy atom. The number of nitrogens with zero attached hydrogens (tertiary/aromatic N) is 1. The molecule has 146 valence electrons. The lowest BCUT2D eigenvalue weighted by Crippen LogP contribution is -2.33. The second kappa shape index (κ2) is 7.62. The zero-order valence-electron chi connectivity index (χ0n) is 15.6. The second-order valence-corrected chi connectivity index (χ2v) is 6.91. The van der Waals surface area contributed by atoms with Crippen molar-refractivity contribution in [2.75, 3.05) is 4.90 Å². The predicted octanol–water partition coefficient (Wildman–Crippen LogP) is 5.61. The Balaban J connectivity index is 2.09. The number of aryl methyl sites for hydroxylation is 2. The molecule has 3 nitrogen and oxygen atoms in total. The van der Waals surface area contributed by atoms with Crippen LogP contribution in [0.5, 0.6) is 0 Å². The molecule has 0 spiro atoms. The van der Waals surface area contributed by atoms with Crippen LogP contribution < -0.4 is 4.90 Å². The molecule has 0 saturated heterocycles. The molecule has 2 aromatic carbocycles. The first-order valence-electron chi connectivity index (χ1n) is 9.00. The van der Waals surface area contributed by atoms with E-state index in [1.54, 1.807) is 0 Å². The molecule has 0 N–H and O–H groups in total. The third kappa shape index (κ3) is 4.01. The monoisotopic (exact) mass is 387 g/mol.